The molecule has 0 spiro atoms. The Morgan fingerprint density at radius 1 is 0.276 bits per heavy atom. The maximum Gasteiger partial charge on any atom is 0.164 e. The van der Waals surface area contributed by atoms with Gasteiger partial charge >= 0.3 is 0 Å². The summed E-state index contributed by atoms with van der Waals surface area (Å²) in [6, 6.07) is 65.2. The van der Waals surface area contributed by atoms with Gasteiger partial charge in [-0.25, -0.2) is 15.0 Å². The fraction of sp³-hybridized carbons (Fsp3) is 0. The molecule has 12 rings (SSSR count). The van der Waals surface area contributed by atoms with Crippen molar-refractivity contribution in [2.75, 3.05) is 0 Å². The standard InChI is InChI=1S/C53H31N3O2/c1-2-11-32(12-3-1)33-13-8-15-36(27-33)51-54-52(37-24-23-34-30-45-42-16-4-6-20-46(42)58-49(45)31-39(34)29-37)56-53(55-51)38-25-26-40-35(28-38)14-9-18-41(40)43-19-10-22-48-50(43)44-17-5-7-21-47(44)57-48/h1-31H. The molecule has 0 unspecified atom stereocenters. The number of benzene rings is 9. The molecule has 0 saturated carbocycles. The summed E-state index contributed by atoms with van der Waals surface area (Å²) >= 11 is 0. The predicted octanol–water partition coefficient (Wildman–Crippen LogP) is 14.3. The van der Waals surface area contributed by atoms with Gasteiger partial charge in [0.25, 0.3) is 0 Å². The first-order valence-electron chi connectivity index (χ1n) is 19.4. The van der Waals surface area contributed by atoms with Crippen LogP contribution in [0.3, 0.4) is 0 Å². The Labute approximate surface area is 332 Å². The van der Waals surface area contributed by atoms with Gasteiger partial charge in [-0.1, -0.05) is 140 Å². The molecule has 0 atom stereocenters. The number of para-hydroxylation sites is 2. The molecule has 0 fully saturated rings. The first-order valence-corrected chi connectivity index (χ1v) is 19.4. The summed E-state index contributed by atoms with van der Waals surface area (Å²) in [5.74, 6) is 1.82. The van der Waals surface area contributed by atoms with Crippen molar-refractivity contribution < 1.29 is 8.83 Å². The molecule has 0 aliphatic rings. The third kappa shape index (κ3) is 5.29. The SMILES string of the molecule is c1ccc(-c2cccc(-c3nc(-c4ccc5cc6c(cc5c4)oc4ccccc46)nc(-c4ccc5c(-c6cccc7oc8ccccc8c67)cccc5c4)n3)c2)cc1. The first kappa shape index (κ1) is 32.4. The molecular formula is C53H31N3O2. The summed E-state index contributed by atoms with van der Waals surface area (Å²) in [6.07, 6.45) is 0. The number of hydrogen-bond donors (Lipinski definition) is 0. The number of furan rings is 2. The summed E-state index contributed by atoms with van der Waals surface area (Å²) in [4.78, 5) is 15.5. The summed E-state index contributed by atoms with van der Waals surface area (Å²) in [5.41, 5.74) is 10.7. The summed E-state index contributed by atoms with van der Waals surface area (Å²) in [5, 5.41) is 8.86. The number of aromatic nitrogens is 3. The van der Waals surface area contributed by atoms with Gasteiger partial charge in [0.15, 0.2) is 17.5 Å². The normalized spacial score (nSPS) is 11.8. The Morgan fingerprint density at radius 3 is 1.69 bits per heavy atom. The second-order valence-electron chi connectivity index (χ2n) is 14.8. The predicted molar refractivity (Wildman–Crippen MR) is 237 cm³/mol. The molecular weight excluding hydrogens is 711 g/mol. The minimum Gasteiger partial charge on any atom is -0.456 e. The van der Waals surface area contributed by atoms with E-state index >= 15 is 0 Å². The van der Waals surface area contributed by atoms with Crippen LogP contribution in [0.2, 0.25) is 0 Å². The molecule has 3 aromatic heterocycles. The minimum atomic E-state index is 0.601. The number of rotatable bonds is 5. The van der Waals surface area contributed by atoms with Gasteiger partial charge in [-0.15, -0.1) is 0 Å². The third-order valence-electron chi connectivity index (χ3n) is 11.3. The van der Waals surface area contributed by atoms with Crippen LogP contribution in [0, 0.1) is 0 Å². The van der Waals surface area contributed by atoms with E-state index in [4.69, 9.17) is 23.8 Å². The largest absolute Gasteiger partial charge is 0.456 e. The lowest BCUT2D eigenvalue weighted by Crippen LogP contribution is -2.00. The smallest absolute Gasteiger partial charge is 0.164 e. The molecule has 5 heteroatoms. The van der Waals surface area contributed by atoms with Crippen LogP contribution in [-0.4, -0.2) is 15.0 Å². The van der Waals surface area contributed by atoms with Crippen molar-refractivity contribution in [2.45, 2.75) is 0 Å². The number of fused-ring (bicyclic) bond motifs is 8. The zero-order valence-electron chi connectivity index (χ0n) is 31.1. The molecule has 0 amide bonds. The molecule has 0 radical (unpaired) electrons. The van der Waals surface area contributed by atoms with E-state index in [1.807, 2.05) is 42.5 Å². The van der Waals surface area contributed by atoms with Gasteiger partial charge in [0.05, 0.1) is 0 Å². The van der Waals surface area contributed by atoms with E-state index in [2.05, 4.69) is 146 Å². The Hall–Kier alpha value is -7.89. The summed E-state index contributed by atoms with van der Waals surface area (Å²) < 4.78 is 12.5. The van der Waals surface area contributed by atoms with Crippen molar-refractivity contribution in [1.82, 2.24) is 15.0 Å². The average molecular weight is 742 g/mol. The van der Waals surface area contributed by atoms with E-state index in [1.54, 1.807) is 0 Å². The maximum atomic E-state index is 6.27. The topological polar surface area (TPSA) is 65.0 Å². The van der Waals surface area contributed by atoms with E-state index in [0.29, 0.717) is 17.5 Å². The molecule has 9 aromatic carbocycles. The van der Waals surface area contributed by atoms with E-state index in [1.165, 1.54) is 0 Å². The van der Waals surface area contributed by atoms with Gasteiger partial charge in [-0.2, -0.15) is 0 Å². The summed E-state index contributed by atoms with van der Waals surface area (Å²) in [6.45, 7) is 0. The first-order chi connectivity index (χ1) is 28.7. The van der Waals surface area contributed by atoms with E-state index < -0.39 is 0 Å². The average Bonchev–Trinajstić information content (AvgIpc) is 3.86. The van der Waals surface area contributed by atoms with Crippen LogP contribution in [0.25, 0.3) is 122 Å². The minimum absolute atomic E-state index is 0.601. The van der Waals surface area contributed by atoms with Gasteiger partial charge in [-0.05, 0) is 92.3 Å². The zero-order chi connectivity index (χ0) is 38.2. The highest BCUT2D eigenvalue weighted by molar-refractivity contribution is 6.15. The molecule has 270 valence electrons. The van der Waals surface area contributed by atoms with Crippen molar-refractivity contribution >= 4 is 65.4 Å². The molecule has 0 bridgehead atoms. The zero-order valence-corrected chi connectivity index (χ0v) is 31.1. The molecule has 0 N–H and O–H groups in total. The highest BCUT2D eigenvalue weighted by atomic mass is 16.3. The number of hydrogen-bond acceptors (Lipinski definition) is 5. The maximum absolute atomic E-state index is 6.27. The van der Waals surface area contributed by atoms with Crippen LogP contribution < -0.4 is 0 Å². The van der Waals surface area contributed by atoms with Gasteiger partial charge in [-0.3, -0.25) is 0 Å². The Morgan fingerprint density at radius 2 is 0.862 bits per heavy atom. The fourth-order valence-electron chi connectivity index (χ4n) is 8.50. The van der Waals surface area contributed by atoms with Crippen LogP contribution in [0.5, 0.6) is 0 Å². The molecule has 12 aromatic rings. The molecule has 0 aliphatic heterocycles. The molecule has 58 heavy (non-hydrogen) atoms. The molecule has 5 nitrogen and oxygen atoms in total. The van der Waals surface area contributed by atoms with Crippen molar-refractivity contribution in [1.29, 1.82) is 0 Å². The van der Waals surface area contributed by atoms with Crippen molar-refractivity contribution in [3.8, 4) is 56.4 Å². The molecule has 0 saturated heterocycles. The van der Waals surface area contributed by atoms with Crippen LogP contribution in [-0.2, 0) is 0 Å². The lowest BCUT2D eigenvalue weighted by Gasteiger charge is -2.12. The van der Waals surface area contributed by atoms with Gasteiger partial charge < -0.3 is 8.83 Å². The Bertz CT molecular complexity index is 3580. The van der Waals surface area contributed by atoms with Crippen molar-refractivity contribution in [2.24, 2.45) is 0 Å². The van der Waals surface area contributed by atoms with Crippen LogP contribution >= 0.6 is 0 Å². The Kier molecular flexibility index (Phi) is 7.16. The van der Waals surface area contributed by atoms with Gasteiger partial charge in [0, 0.05) is 38.2 Å². The van der Waals surface area contributed by atoms with E-state index in [-0.39, 0.29) is 0 Å². The monoisotopic (exact) mass is 741 g/mol. The van der Waals surface area contributed by atoms with E-state index in [9.17, 15) is 0 Å². The van der Waals surface area contributed by atoms with Crippen LogP contribution in [0.4, 0.5) is 0 Å². The van der Waals surface area contributed by atoms with Gasteiger partial charge in [0.1, 0.15) is 22.3 Å². The van der Waals surface area contributed by atoms with Crippen LogP contribution in [0.1, 0.15) is 0 Å². The number of nitrogens with zero attached hydrogens (tertiary/aromatic N) is 3. The van der Waals surface area contributed by atoms with Crippen molar-refractivity contribution in [3.63, 3.8) is 0 Å². The second kappa shape index (κ2) is 12.8. The quantitative estimate of drug-likeness (QED) is 0.176. The van der Waals surface area contributed by atoms with Crippen molar-refractivity contribution in [3.05, 3.63) is 188 Å². The second-order valence-corrected chi connectivity index (χ2v) is 14.8. The molecule has 0 aliphatic carbocycles. The lowest BCUT2D eigenvalue weighted by molar-refractivity contribution is 0.669. The van der Waals surface area contributed by atoms with E-state index in [0.717, 1.165) is 104 Å². The summed E-state index contributed by atoms with van der Waals surface area (Å²) in [7, 11) is 0. The highest BCUT2D eigenvalue weighted by Crippen LogP contribution is 2.40. The Balaban J connectivity index is 1.02. The lowest BCUT2D eigenvalue weighted by atomic mass is 9.94. The third-order valence-corrected chi connectivity index (χ3v) is 11.3. The van der Waals surface area contributed by atoms with Gasteiger partial charge in [0.2, 0.25) is 0 Å². The molecule has 3 heterocycles. The fourth-order valence-corrected chi connectivity index (χ4v) is 8.50. The van der Waals surface area contributed by atoms with Crippen LogP contribution in [0.15, 0.2) is 197 Å². The highest BCUT2D eigenvalue weighted by Gasteiger charge is 2.18.